The summed E-state index contributed by atoms with van der Waals surface area (Å²) in [6, 6.07) is 6.77. The molecule has 0 radical (unpaired) electrons. The molecule has 0 amide bonds. The Morgan fingerprint density at radius 1 is 1.21 bits per heavy atom. The zero-order valence-electron chi connectivity index (χ0n) is 7.70. The average molecular weight is 189 g/mol. The molecular formula is C11H11NO2. The fraction of sp³-hybridized carbons (Fsp3) is 0.364. The van der Waals surface area contributed by atoms with Crippen LogP contribution in [-0.4, -0.2) is 10.2 Å². The van der Waals surface area contributed by atoms with Gasteiger partial charge < -0.3 is 10.2 Å². The van der Waals surface area contributed by atoms with Crippen LogP contribution in [0.2, 0.25) is 0 Å². The molecule has 1 aliphatic rings. The van der Waals surface area contributed by atoms with E-state index in [1.807, 2.05) is 0 Å². The summed E-state index contributed by atoms with van der Waals surface area (Å²) in [4.78, 5) is 0. The Hall–Kier alpha value is -1.69. The highest BCUT2D eigenvalue weighted by atomic mass is 16.3. The first-order valence-electron chi connectivity index (χ1n) is 4.62. The Labute approximate surface area is 82.2 Å². The lowest BCUT2D eigenvalue weighted by atomic mass is 9.65. The van der Waals surface area contributed by atoms with E-state index in [-0.39, 0.29) is 11.5 Å². The second-order valence-electron chi connectivity index (χ2n) is 3.72. The van der Waals surface area contributed by atoms with Crippen LogP contribution in [0, 0.1) is 11.3 Å². The Morgan fingerprint density at radius 3 is 2.14 bits per heavy atom. The van der Waals surface area contributed by atoms with Crippen LogP contribution >= 0.6 is 0 Å². The van der Waals surface area contributed by atoms with Crippen molar-refractivity contribution in [2.24, 2.45) is 0 Å². The van der Waals surface area contributed by atoms with E-state index in [4.69, 9.17) is 5.26 Å². The topological polar surface area (TPSA) is 64.2 Å². The van der Waals surface area contributed by atoms with E-state index in [1.165, 1.54) is 12.1 Å². The quantitative estimate of drug-likeness (QED) is 0.710. The molecule has 0 saturated heterocycles. The summed E-state index contributed by atoms with van der Waals surface area (Å²) >= 11 is 0. The molecule has 1 saturated carbocycles. The number of rotatable bonds is 1. The van der Waals surface area contributed by atoms with Gasteiger partial charge in [0.1, 0.15) is 11.5 Å². The molecule has 2 N–H and O–H groups in total. The van der Waals surface area contributed by atoms with E-state index in [1.54, 1.807) is 6.07 Å². The molecule has 14 heavy (non-hydrogen) atoms. The number of nitrogens with zero attached hydrogens (tertiary/aromatic N) is 1. The van der Waals surface area contributed by atoms with Crippen LogP contribution in [0.5, 0.6) is 11.5 Å². The van der Waals surface area contributed by atoms with Gasteiger partial charge in [-0.15, -0.1) is 0 Å². The molecule has 0 spiro atoms. The second kappa shape index (κ2) is 2.91. The van der Waals surface area contributed by atoms with Crippen LogP contribution in [0.1, 0.15) is 24.8 Å². The van der Waals surface area contributed by atoms with Crippen LogP contribution in [0.15, 0.2) is 18.2 Å². The Bertz CT molecular complexity index is 382. The van der Waals surface area contributed by atoms with Crippen LogP contribution in [0.3, 0.4) is 0 Å². The van der Waals surface area contributed by atoms with E-state index in [0.717, 1.165) is 6.42 Å². The van der Waals surface area contributed by atoms with Crippen LogP contribution < -0.4 is 0 Å². The van der Waals surface area contributed by atoms with Crippen molar-refractivity contribution in [3.05, 3.63) is 23.8 Å². The van der Waals surface area contributed by atoms with Crippen molar-refractivity contribution in [1.82, 2.24) is 0 Å². The second-order valence-corrected chi connectivity index (χ2v) is 3.72. The highest BCUT2D eigenvalue weighted by Crippen LogP contribution is 2.49. The van der Waals surface area contributed by atoms with Gasteiger partial charge in [0.05, 0.1) is 17.0 Å². The van der Waals surface area contributed by atoms with E-state index >= 15 is 0 Å². The van der Waals surface area contributed by atoms with Gasteiger partial charge in [-0.2, -0.15) is 5.26 Å². The van der Waals surface area contributed by atoms with Crippen molar-refractivity contribution in [3.8, 4) is 17.6 Å². The molecule has 1 aromatic carbocycles. The van der Waals surface area contributed by atoms with E-state index in [9.17, 15) is 10.2 Å². The SMILES string of the molecule is N#CC1(c2c(O)cccc2O)CCC1. The largest absolute Gasteiger partial charge is 0.507 e. The third-order valence-electron chi connectivity index (χ3n) is 2.92. The normalized spacial score (nSPS) is 18.2. The zero-order chi connectivity index (χ0) is 10.2. The minimum atomic E-state index is -0.657. The summed E-state index contributed by atoms with van der Waals surface area (Å²) < 4.78 is 0. The molecule has 0 aliphatic heterocycles. The first-order valence-corrected chi connectivity index (χ1v) is 4.62. The Balaban J connectivity index is 2.56. The number of nitriles is 1. The predicted octanol–water partition coefficient (Wildman–Crippen LogP) is 2.04. The Kier molecular flexibility index (Phi) is 1.85. The smallest absolute Gasteiger partial charge is 0.124 e. The van der Waals surface area contributed by atoms with Gasteiger partial charge in [-0.1, -0.05) is 6.07 Å². The molecule has 72 valence electrons. The van der Waals surface area contributed by atoms with E-state index < -0.39 is 5.41 Å². The molecule has 3 nitrogen and oxygen atoms in total. The summed E-state index contributed by atoms with van der Waals surface area (Å²) in [5.41, 5.74) is -0.260. The van der Waals surface area contributed by atoms with Crippen molar-refractivity contribution in [3.63, 3.8) is 0 Å². The molecule has 0 bridgehead atoms. The number of aromatic hydroxyl groups is 2. The van der Waals surface area contributed by atoms with Crippen molar-refractivity contribution < 1.29 is 10.2 Å². The lowest BCUT2D eigenvalue weighted by molar-refractivity contribution is 0.298. The number of benzene rings is 1. The minimum Gasteiger partial charge on any atom is -0.507 e. The van der Waals surface area contributed by atoms with Gasteiger partial charge in [0.2, 0.25) is 0 Å². The molecule has 1 aliphatic carbocycles. The van der Waals surface area contributed by atoms with Crippen molar-refractivity contribution in [2.75, 3.05) is 0 Å². The monoisotopic (exact) mass is 189 g/mol. The molecule has 0 atom stereocenters. The van der Waals surface area contributed by atoms with E-state index in [2.05, 4.69) is 6.07 Å². The minimum absolute atomic E-state index is 0.0197. The van der Waals surface area contributed by atoms with Crippen molar-refractivity contribution in [1.29, 1.82) is 5.26 Å². The fourth-order valence-corrected chi connectivity index (χ4v) is 1.97. The highest BCUT2D eigenvalue weighted by molar-refractivity contribution is 5.52. The summed E-state index contributed by atoms with van der Waals surface area (Å²) in [5, 5.41) is 28.3. The maximum Gasteiger partial charge on any atom is 0.124 e. The van der Waals surface area contributed by atoms with Gasteiger partial charge in [0.25, 0.3) is 0 Å². The number of phenolic OH excluding ortho intramolecular Hbond substituents is 2. The maximum atomic E-state index is 9.61. The number of phenols is 2. The molecule has 0 heterocycles. The first-order chi connectivity index (χ1) is 6.69. The summed E-state index contributed by atoms with van der Waals surface area (Å²) in [6.07, 6.45) is 2.41. The third kappa shape index (κ3) is 1.04. The summed E-state index contributed by atoms with van der Waals surface area (Å²) in [5.74, 6) is 0.0394. The molecular weight excluding hydrogens is 178 g/mol. The van der Waals surface area contributed by atoms with Gasteiger partial charge in [-0.25, -0.2) is 0 Å². The van der Waals surface area contributed by atoms with Gasteiger partial charge >= 0.3 is 0 Å². The predicted molar refractivity (Wildman–Crippen MR) is 50.9 cm³/mol. The van der Waals surface area contributed by atoms with Gasteiger partial charge in [0.15, 0.2) is 0 Å². The Morgan fingerprint density at radius 2 is 1.79 bits per heavy atom. The summed E-state index contributed by atoms with van der Waals surface area (Å²) in [6.45, 7) is 0. The zero-order valence-corrected chi connectivity index (χ0v) is 7.70. The lowest BCUT2D eigenvalue weighted by Gasteiger charge is -2.36. The van der Waals surface area contributed by atoms with Gasteiger partial charge in [0, 0.05) is 0 Å². The highest BCUT2D eigenvalue weighted by Gasteiger charge is 2.42. The number of hydrogen-bond donors (Lipinski definition) is 2. The van der Waals surface area contributed by atoms with Crippen LogP contribution in [-0.2, 0) is 5.41 Å². The van der Waals surface area contributed by atoms with Gasteiger partial charge in [-0.05, 0) is 31.4 Å². The third-order valence-corrected chi connectivity index (χ3v) is 2.92. The number of hydrogen-bond acceptors (Lipinski definition) is 3. The van der Waals surface area contributed by atoms with Crippen LogP contribution in [0.25, 0.3) is 0 Å². The van der Waals surface area contributed by atoms with Gasteiger partial charge in [-0.3, -0.25) is 0 Å². The molecule has 3 heteroatoms. The van der Waals surface area contributed by atoms with Crippen molar-refractivity contribution in [2.45, 2.75) is 24.7 Å². The molecule has 1 aromatic rings. The maximum absolute atomic E-state index is 9.61. The van der Waals surface area contributed by atoms with E-state index in [0.29, 0.717) is 18.4 Å². The lowest BCUT2D eigenvalue weighted by Crippen LogP contribution is -2.32. The molecule has 2 rings (SSSR count). The fourth-order valence-electron chi connectivity index (χ4n) is 1.97. The van der Waals surface area contributed by atoms with Crippen molar-refractivity contribution >= 4 is 0 Å². The summed E-state index contributed by atoms with van der Waals surface area (Å²) in [7, 11) is 0. The molecule has 1 fully saturated rings. The standard InChI is InChI=1S/C11H11NO2/c12-7-11(5-2-6-11)10-8(13)3-1-4-9(10)14/h1,3-4,13-14H,2,5-6H2. The molecule has 0 unspecified atom stereocenters. The van der Waals surface area contributed by atoms with Crippen LogP contribution in [0.4, 0.5) is 0 Å². The molecule has 0 aromatic heterocycles. The average Bonchev–Trinajstić information content (AvgIpc) is 2.08. The first kappa shape index (κ1) is 8.89.